The van der Waals surface area contributed by atoms with Gasteiger partial charge >= 0.3 is 5.97 Å². The molecule has 1 rings (SSSR count). The minimum Gasteiger partial charge on any atom is -0.461 e. The predicted octanol–water partition coefficient (Wildman–Crippen LogP) is 2.83. The van der Waals surface area contributed by atoms with Crippen LogP contribution < -0.4 is 0 Å². The summed E-state index contributed by atoms with van der Waals surface area (Å²) in [6.45, 7) is 5.60. The maximum atomic E-state index is 11.8. The van der Waals surface area contributed by atoms with Crippen molar-refractivity contribution in [3.8, 4) is 0 Å². The smallest absolute Gasteiger partial charge is 0.361 e. The van der Waals surface area contributed by atoms with Gasteiger partial charge in [-0.05, 0) is 39.0 Å². The van der Waals surface area contributed by atoms with E-state index < -0.39 is 5.97 Å². The molecule has 5 heteroatoms. The lowest BCUT2D eigenvalue weighted by Gasteiger charge is -2.09. The molecule has 97 valence electrons. The number of carbonyl (C=O) groups excluding carboxylic acids is 1. The van der Waals surface area contributed by atoms with Crippen LogP contribution in [0.4, 0.5) is 0 Å². The van der Waals surface area contributed by atoms with Crippen molar-refractivity contribution in [3.63, 3.8) is 0 Å². The summed E-state index contributed by atoms with van der Waals surface area (Å²) in [6, 6.07) is 7.69. The Morgan fingerprint density at radius 2 is 2.28 bits per heavy atom. The first-order chi connectivity index (χ1) is 8.56. The largest absolute Gasteiger partial charge is 0.461 e. The van der Waals surface area contributed by atoms with Gasteiger partial charge in [0.05, 0.1) is 11.6 Å². The van der Waals surface area contributed by atoms with Gasteiger partial charge < -0.3 is 9.57 Å². The molecule has 4 nitrogen and oxygen atoms in total. The molecule has 1 radical (unpaired) electrons. The van der Waals surface area contributed by atoms with Gasteiger partial charge in [0.1, 0.15) is 6.10 Å². The molecule has 0 heterocycles. The van der Waals surface area contributed by atoms with E-state index in [0.717, 1.165) is 0 Å². The van der Waals surface area contributed by atoms with Crippen molar-refractivity contribution in [2.75, 3.05) is 6.61 Å². The van der Waals surface area contributed by atoms with Crippen LogP contribution in [0.25, 0.3) is 0 Å². The molecule has 0 aliphatic rings. The lowest BCUT2D eigenvalue weighted by atomic mass is 10.1. The zero-order chi connectivity index (χ0) is 13.5. The van der Waals surface area contributed by atoms with Crippen LogP contribution in [0, 0.1) is 6.07 Å². The first-order valence-electron chi connectivity index (χ1n) is 5.63. The third-order valence-electron chi connectivity index (χ3n) is 1.89. The molecule has 0 N–H and O–H groups in total. The average Bonchev–Trinajstić information content (AvgIpc) is 2.31. The van der Waals surface area contributed by atoms with E-state index in [1.165, 1.54) is 0 Å². The highest BCUT2D eigenvalue weighted by atomic mass is 35.5. The van der Waals surface area contributed by atoms with Gasteiger partial charge in [-0.1, -0.05) is 22.8 Å². The van der Waals surface area contributed by atoms with E-state index in [2.05, 4.69) is 11.2 Å². The van der Waals surface area contributed by atoms with Crippen LogP contribution in [0.2, 0.25) is 5.02 Å². The summed E-state index contributed by atoms with van der Waals surface area (Å²) in [4.78, 5) is 16.9. The van der Waals surface area contributed by atoms with E-state index in [1.54, 1.807) is 25.1 Å². The molecule has 0 saturated carbocycles. The zero-order valence-corrected chi connectivity index (χ0v) is 11.3. The zero-order valence-electron chi connectivity index (χ0n) is 10.6. The molecule has 0 bridgehead atoms. The fourth-order valence-electron chi connectivity index (χ4n) is 1.15. The fourth-order valence-corrected chi connectivity index (χ4v) is 1.35. The number of esters is 1. The Morgan fingerprint density at radius 3 is 2.83 bits per heavy atom. The first kappa shape index (κ1) is 14.5. The molecule has 0 aliphatic carbocycles. The Balaban J connectivity index is 3.08. The van der Waals surface area contributed by atoms with E-state index in [0.29, 0.717) is 10.6 Å². The Bertz CT molecular complexity index is 444. The molecule has 0 fully saturated rings. The van der Waals surface area contributed by atoms with Crippen LogP contribution in [0.1, 0.15) is 26.3 Å². The van der Waals surface area contributed by atoms with Crippen molar-refractivity contribution in [2.24, 2.45) is 5.16 Å². The normalized spacial score (nSPS) is 11.5. The van der Waals surface area contributed by atoms with Gasteiger partial charge in [-0.15, -0.1) is 0 Å². The summed E-state index contributed by atoms with van der Waals surface area (Å²) < 4.78 is 4.92. The lowest BCUT2D eigenvalue weighted by molar-refractivity contribution is -0.135. The number of hydrogen-bond donors (Lipinski definition) is 0. The second-order valence-electron chi connectivity index (χ2n) is 3.72. The van der Waals surface area contributed by atoms with Crippen molar-refractivity contribution < 1.29 is 14.4 Å². The first-order valence-corrected chi connectivity index (χ1v) is 6.01. The molecular weight excluding hydrogens is 254 g/mol. The minimum absolute atomic E-state index is 0.0485. The van der Waals surface area contributed by atoms with Crippen LogP contribution in [-0.2, 0) is 14.4 Å². The van der Waals surface area contributed by atoms with Crippen LogP contribution in [0.15, 0.2) is 23.4 Å². The quantitative estimate of drug-likeness (QED) is 0.469. The topological polar surface area (TPSA) is 47.9 Å². The Labute approximate surface area is 112 Å². The van der Waals surface area contributed by atoms with Crippen molar-refractivity contribution in [3.05, 3.63) is 34.9 Å². The third-order valence-corrected chi connectivity index (χ3v) is 2.22. The fraction of sp³-hybridized carbons (Fsp3) is 0.385. The van der Waals surface area contributed by atoms with Crippen molar-refractivity contribution >= 4 is 23.3 Å². The van der Waals surface area contributed by atoms with Crippen LogP contribution in [0.3, 0.4) is 0 Å². The van der Waals surface area contributed by atoms with Crippen molar-refractivity contribution in [1.82, 2.24) is 0 Å². The molecular formula is C13H15ClNO3. The number of halogens is 1. The summed E-state index contributed by atoms with van der Waals surface area (Å²) in [7, 11) is 0. The lowest BCUT2D eigenvalue weighted by Crippen LogP contribution is -2.20. The highest BCUT2D eigenvalue weighted by Crippen LogP contribution is 2.17. The maximum absolute atomic E-state index is 11.8. The molecule has 1 aromatic carbocycles. The van der Waals surface area contributed by atoms with Crippen molar-refractivity contribution in [2.45, 2.75) is 26.9 Å². The molecule has 0 amide bonds. The van der Waals surface area contributed by atoms with Gasteiger partial charge in [-0.25, -0.2) is 4.79 Å². The second kappa shape index (κ2) is 7.01. The minimum atomic E-state index is -0.570. The summed E-state index contributed by atoms with van der Waals surface area (Å²) in [5.41, 5.74) is 0.491. The second-order valence-corrected chi connectivity index (χ2v) is 4.13. The summed E-state index contributed by atoms with van der Waals surface area (Å²) in [5.74, 6) is -0.570. The summed E-state index contributed by atoms with van der Waals surface area (Å²) in [6.07, 6.45) is -0.138. The molecule has 0 unspecified atom stereocenters. The van der Waals surface area contributed by atoms with Gasteiger partial charge in [-0.2, -0.15) is 0 Å². The maximum Gasteiger partial charge on any atom is 0.361 e. The van der Waals surface area contributed by atoms with Gasteiger partial charge in [0.2, 0.25) is 0 Å². The molecule has 1 aromatic rings. The van der Waals surface area contributed by atoms with Gasteiger partial charge in [0.15, 0.2) is 5.71 Å². The van der Waals surface area contributed by atoms with Crippen LogP contribution in [-0.4, -0.2) is 24.4 Å². The number of rotatable bonds is 5. The molecule has 0 aromatic heterocycles. The van der Waals surface area contributed by atoms with Gasteiger partial charge in [0.25, 0.3) is 0 Å². The Morgan fingerprint density at radius 1 is 1.56 bits per heavy atom. The molecule has 18 heavy (non-hydrogen) atoms. The van der Waals surface area contributed by atoms with Gasteiger partial charge in [-0.3, -0.25) is 0 Å². The standard InChI is InChI=1S/C13H15ClNO3/c1-4-17-13(16)12(15-18-9(2)3)10-7-5-6-8-11(10)14/h6-9H,4H2,1-3H3. The number of oxime groups is 1. The predicted molar refractivity (Wildman–Crippen MR) is 69.7 cm³/mol. The van der Waals surface area contributed by atoms with Crippen LogP contribution >= 0.6 is 11.6 Å². The van der Waals surface area contributed by atoms with E-state index in [-0.39, 0.29) is 18.4 Å². The molecule has 0 spiro atoms. The van der Waals surface area contributed by atoms with E-state index >= 15 is 0 Å². The van der Waals surface area contributed by atoms with Crippen molar-refractivity contribution in [1.29, 1.82) is 0 Å². The van der Waals surface area contributed by atoms with E-state index in [9.17, 15) is 4.79 Å². The van der Waals surface area contributed by atoms with Crippen LogP contribution in [0.5, 0.6) is 0 Å². The molecule has 0 aliphatic heterocycles. The number of nitrogens with zero attached hydrogens (tertiary/aromatic N) is 1. The van der Waals surface area contributed by atoms with E-state index in [1.807, 2.05) is 13.8 Å². The molecule has 0 saturated heterocycles. The number of benzene rings is 1. The Hall–Kier alpha value is -1.55. The number of ether oxygens (including phenoxy) is 1. The average molecular weight is 269 g/mol. The SMILES string of the molecule is CCOC(=O)C(=NOC(C)C)c1c[c]ccc1Cl. The summed E-state index contributed by atoms with van der Waals surface area (Å²) in [5, 5.41) is 4.21. The van der Waals surface area contributed by atoms with Gasteiger partial charge in [0, 0.05) is 5.56 Å². The highest BCUT2D eigenvalue weighted by Gasteiger charge is 2.19. The number of hydrogen-bond acceptors (Lipinski definition) is 4. The third kappa shape index (κ3) is 4.04. The Kier molecular flexibility index (Phi) is 5.65. The molecule has 0 atom stereocenters. The number of carbonyl (C=O) groups is 1. The monoisotopic (exact) mass is 268 g/mol. The van der Waals surface area contributed by atoms with E-state index in [4.69, 9.17) is 21.2 Å². The highest BCUT2D eigenvalue weighted by molar-refractivity contribution is 6.47. The summed E-state index contributed by atoms with van der Waals surface area (Å²) >= 11 is 6.01.